The summed E-state index contributed by atoms with van der Waals surface area (Å²) >= 11 is 0. The van der Waals surface area contributed by atoms with Gasteiger partial charge in [-0.25, -0.2) is 0 Å². The van der Waals surface area contributed by atoms with E-state index in [2.05, 4.69) is 15.2 Å². The molecule has 0 fully saturated rings. The van der Waals surface area contributed by atoms with Gasteiger partial charge < -0.3 is 4.90 Å². The second kappa shape index (κ2) is 5.99. The molecule has 6 heteroatoms. The van der Waals surface area contributed by atoms with Gasteiger partial charge in [0.15, 0.2) is 0 Å². The molecule has 2 rings (SSSR count). The average Bonchev–Trinajstić information content (AvgIpc) is 2.87. The SMILES string of the molecule is CCN(CCc1ccncc1)C(=O)c1cc(=O)[nH][nH]1. The van der Waals surface area contributed by atoms with E-state index in [1.54, 1.807) is 17.3 Å². The molecule has 0 aliphatic heterocycles. The highest BCUT2D eigenvalue weighted by atomic mass is 16.2. The van der Waals surface area contributed by atoms with E-state index in [4.69, 9.17) is 0 Å². The van der Waals surface area contributed by atoms with E-state index in [1.807, 2.05) is 19.1 Å². The zero-order valence-electron chi connectivity index (χ0n) is 10.7. The number of nitrogens with one attached hydrogen (secondary N) is 2. The summed E-state index contributed by atoms with van der Waals surface area (Å²) in [6.07, 6.45) is 4.23. The Hall–Kier alpha value is -2.37. The highest BCUT2D eigenvalue weighted by molar-refractivity contribution is 5.92. The molecule has 2 heterocycles. The highest BCUT2D eigenvalue weighted by Crippen LogP contribution is 2.03. The van der Waals surface area contributed by atoms with Crippen LogP contribution >= 0.6 is 0 Å². The van der Waals surface area contributed by atoms with Gasteiger partial charge in [0, 0.05) is 31.5 Å². The second-order valence-corrected chi connectivity index (χ2v) is 4.16. The highest BCUT2D eigenvalue weighted by Gasteiger charge is 2.15. The van der Waals surface area contributed by atoms with Crippen LogP contribution in [-0.4, -0.2) is 39.1 Å². The van der Waals surface area contributed by atoms with Crippen LogP contribution in [0.4, 0.5) is 0 Å². The van der Waals surface area contributed by atoms with E-state index >= 15 is 0 Å². The van der Waals surface area contributed by atoms with Crippen molar-refractivity contribution in [2.75, 3.05) is 13.1 Å². The normalized spacial score (nSPS) is 10.4. The lowest BCUT2D eigenvalue weighted by Crippen LogP contribution is -2.33. The first kappa shape index (κ1) is 13.1. The third-order valence-electron chi connectivity index (χ3n) is 2.91. The molecule has 19 heavy (non-hydrogen) atoms. The Morgan fingerprint density at radius 2 is 2.05 bits per heavy atom. The molecule has 0 atom stereocenters. The number of aromatic amines is 2. The molecule has 0 unspecified atom stereocenters. The van der Waals surface area contributed by atoms with Gasteiger partial charge in [0.25, 0.3) is 11.5 Å². The van der Waals surface area contributed by atoms with E-state index in [9.17, 15) is 9.59 Å². The molecule has 0 radical (unpaired) electrons. The first-order valence-corrected chi connectivity index (χ1v) is 6.16. The van der Waals surface area contributed by atoms with Gasteiger partial charge in [-0.1, -0.05) is 0 Å². The molecular formula is C13H16N4O2. The number of amides is 1. The molecule has 1 amide bonds. The maximum Gasteiger partial charge on any atom is 0.271 e. The molecule has 0 aliphatic rings. The summed E-state index contributed by atoms with van der Waals surface area (Å²) in [6, 6.07) is 5.13. The zero-order chi connectivity index (χ0) is 13.7. The van der Waals surface area contributed by atoms with Crippen LogP contribution in [0.3, 0.4) is 0 Å². The van der Waals surface area contributed by atoms with Crippen LogP contribution in [0, 0.1) is 0 Å². The van der Waals surface area contributed by atoms with Crippen LogP contribution in [0.1, 0.15) is 23.0 Å². The molecule has 0 saturated heterocycles. The van der Waals surface area contributed by atoms with Gasteiger partial charge >= 0.3 is 0 Å². The Kier molecular flexibility index (Phi) is 4.12. The lowest BCUT2D eigenvalue weighted by atomic mass is 10.2. The van der Waals surface area contributed by atoms with Crippen molar-refractivity contribution in [1.29, 1.82) is 0 Å². The van der Waals surface area contributed by atoms with Gasteiger partial charge in [-0.3, -0.25) is 24.8 Å². The molecule has 0 bridgehead atoms. The molecule has 0 aliphatic carbocycles. The first-order chi connectivity index (χ1) is 9.20. The summed E-state index contributed by atoms with van der Waals surface area (Å²) in [7, 11) is 0. The number of pyridine rings is 1. The van der Waals surface area contributed by atoms with E-state index in [0.29, 0.717) is 18.8 Å². The third-order valence-corrected chi connectivity index (χ3v) is 2.91. The zero-order valence-corrected chi connectivity index (χ0v) is 10.7. The van der Waals surface area contributed by atoms with E-state index < -0.39 is 0 Å². The second-order valence-electron chi connectivity index (χ2n) is 4.16. The van der Waals surface area contributed by atoms with Gasteiger partial charge in [-0.05, 0) is 31.0 Å². The molecule has 100 valence electrons. The summed E-state index contributed by atoms with van der Waals surface area (Å²) < 4.78 is 0. The van der Waals surface area contributed by atoms with E-state index in [-0.39, 0.29) is 11.5 Å². The predicted molar refractivity (Wildman–Crippen MR) is 70.9 cm³/mol. The molecular weight excluding hydrogens is 244 g/mol. The minimum atomic E-state index is -0.298. The maximum atomic E-state index is 12.1. The van der Waals surface area contributed by atoms with E-state index in [1.165, 1.54) is 6.07 Å². The Labute approximate surface area is 110 Å². The number of hydrogen-bond donors (Lipinski definition) is 2. The minimum absolute atomic E-state index is 0.171. The fourth-order valence-electron chi connectivity index (χ4n) is 1.83. The number of hydrogen-bond acceptors (Lipinski definition) is 3. The number of rotatable bonds is 5. The number of H-pyrrole nitrogens is 2. The van der Waals surface area contributed by atoms with Crippen LogP contribution in [0.5, 0.6) is 0 Å². The molecule has 0 aromatic carbocycles. The number of likely N-dealkylation sites (N-methyl/N-ethyl adjacent to an activating group) is 1. The van der Waals surface area contributed by atoms with Crippen molar-refractivity contribution in [1.82, 2.24) is 20.1 Å². The van der Waals surface area contributed by atoms with Crippen molar-refractivity contribution in [2.45, 2.75) is 13.3 Å². The van der Waals surface area contributed by atoms with Gasteiger partial charge in [0.2, 0.25) is 0 Å². The predicted octanol–water partition coefficient (Wildman–Crippen LogP) is 0.803. The van der Waals surface area contributed by atoms with Gasteiger partial charge in [-0.2, -0.15) is 0 Å². The van der Waals surface area contributed by atoms with Crippen molar-refractivity contribution < 1.29 is 4.79 Å². The molecule has 0 saturated carbocycles. The summed E-state index contributed by atoms with van der Waals surface area (Å²) in [4.78, 5) is 28.8. The van der Waals surface area contributed by atoms with Gasteiger partial charge in [-0.15, -0.1) is 0 Å². The minimum Gasteiger partial charge on any atom is -0.337 e. The number of nitrogens with zero attached hydrogens (tertiary/aromatic N) is 2. The smallest absolute Gasteiger partial charge is 0.271 e. The lowest BCUT2D eigenvalue weighted by molar-refractivity contribution is 0.0760. The summed E-state index contributed by atoms with van der Waals surface area (Å²) in [5.74, 6) is -0.171. The van der Waals surface area contributed by atoms with E-state index in [0.717, 1.165) is 12.0 Å². The van der Waals surface area contributed by atoms with Crippen LogP contribution in [0.25, 0.3) is 0 Å². The summed E-state index contributed by atoms with van der Waals surface area (Å²) in [5.41, 5.74) is 1.12. The Balaban J connectivity index is 2.00. The molecule has 6 nitrogen and oxygen atoms in total. The standard InChI is InChI=1S/C13H16N4O2/c1-2-17(8-5-10-3-6-14-7-4-10)13(19)11-9-12(18)16-15-11/h3-4,6-7,9H,2,5,8H2,1H3,(H2,15,16,18). The van der Waals surface area contributed by atoms with Crippen LogP contribution in [0.2, 0.25) is 0 Å². The molecule has 2 aromatic heterocycles. The maximum absolute atomic E-state index is 12.1. The molecule has 0 spiro atoms. The first-order valence-electron chi connectivity index (χ1n) is 6.16. The lowest BCUT2D eigenvalue weighted by Gasteiger charge is -2.19. The fraction of sp³-hybridized carbons (Fsp3) is 0.308. The number of carbonyl (C=O) groups is 1. The van der Waals surface area contributed by atoms with Crippen molar-refractivity contribution in [3.05, 3.63) is 52.2 Å². The topological polar surface area (TPSA) is 81.8 Å². The quantitative estimate of drug-likeness (QED) is 0.834. The van der Waals surface area contributed by atoms with Crippen molar-refractivity contribution in [2.24, 2.45) is 0 Å². The molecule has 2 aromatic rings. The third kappa shape index (κ3) is 3.31. The Morgan fingerprint density at radius 3 is 2.63 bits per heavy atom. The average molecular weight is 260 g/mol. The van der Waals surface area contributed by atoms with Crippen LogP contribution < -0.4 is 5.56 Å². The van der Waals surface area contributed by atoms with Crippen LogP contribution in [-0.2, 0) is 6.42 Å². The van der Waals surface area contributed by atoms with Crippen molar-refractivity contribution in [3.63, 3.8) is 0 Å². The largest absolute Gasteiger partial charge is 0.337 e. The Bertz CT molecular complexity index is 588. The fourth-order valence-corrected chi connectivity index (χ4v) is 1.83. The summed E-state index contributed by atoms with van der Waals surface area (Å²) in [5, 5.41) is 4.95. The van der Waals surface area contributed by atoms with Gasteiger partial charge in [0.05, 0.1) is 0 Å². The van der Waals surface area contributed by atoms with Crippen molar-refractivity contribution in [3.8, 4) is 0 Å². The van der Waals surface area contributed by atoms with Gasteiger partial charge in [0.1, 0.15) is 5.69 Å². The number of aromatic nitrogens is 3. The van der Waals surface area contributed by atoms with Crippen LogP contribution in [0.15, 0.2) is 35.4 Å². The summed E-state index contributed by atoms with van der Waals surface area (Å²) in [6.45, 7) is 3.11. The Morgan fingerprint density at radius 1 is 1.32 bits per heavy atom. The monoisotopic (exact) mass is 260 g/mol. The number of carbonyl (C=O) groups excluding carboxylic acids is 1. The molecule has 2 N–H and O–H groups in total. The van der Waals surface area contributed by atoms with Crippen molar-refractivity contribution >= 4 is 5.91 Å².